The normalized spacial score (nSPS) is 12.0. The zero-order chi connectivity index (χ0) is 28.6. The van der Waals surface area contributed by atoms with Gasteiger partial charge in [0.25, 0.3) is 5.69 Å². The lowest BCUT2D eigenvalue weighted by Gasteiger charge is -2.28. The fourth-order valence-corrected chi connectivity index (χ4v) is 3.20. The number of methoxy groups -OCH3 is 3. The lowest BCUT2D eigenvalue weighted by molar-refractivity contribution is -0.385. The van der Waals surface area contributed by atoms with Crippen LogP contribution in [-0.4, -0.2) is 77.4 Å². The summed E-state index contributed by atoms with van der Waals surface area (Å²) in [5, 5.41) is 14.0. The third kappa shape index (κ3) is 12.0. The molecular weight excluding hydrogens is 508 g/mol. The Hall–Kier alpha value is -3.81. The Morgan fingerprint density at radius 1 is 0.921 bits per heavy atom. The number of hydrogen-bond acceptors (Lipinski definition) is 12. The molecule has 1 N–H and O–H groups in total. The second-order valence-corrected chi connectivity index (χ2v) is 8.55. The number of carbonyl (C=O) groups is 3. The molecular formula is C24H36N2O12. The molecule has 1 atom stereocenters. The molecule has 0 aromatic heterocycles. The minimum atomic E-state index is -0.865. The van der Waals surface area contributed by atoms with Crippen LogP contribution in [0.15, 0.2) is 12.1 Å². The monoisotopic (exact) mass is 544 g/mol. The lowest BCUT2D eigenvalue weighted by Crippen LogP contribution is -2.42. The number of esters is 1. The second kappa shape index (κ2) is 16.8. The summed E-state index contributed by atoms with van der Waals surface area (Å²) >= 11 is 0. The topological polar surface area (TPSA) is 171 Å². The summed E-state index contributed by atoms with van der Waals surface area (Å²) in [5.74, 6) is 0.0740. The van der Waals surface area contributed by atoms with Gasteiger partial charge in [0.05, 0.1) is 50.6 Å². The minimum Gasteiger partial charge on any atom is -0.493 e. The van der Waals surface area contributed by atoms with Crippen molar-refractivity contribution in [1.29, 1.82) is 0 Å². The zero-order valence-electron chi connectivity index (χ0n) is 22.4. The van der Waals surface area contributed by atoms with E-state index in [1.165, 1.54) is 40.4 Å². The van der Waals surface area contributed by atoms with Crippen molar-refractivity contribution < 1.29 is 52.5 Å². The number of amides is 1. The largest absolute Gasteiger partial charge is 0.508 e. The molecule has 0 heterocycles. The maximum absolute atomic E-state index is 12.3. The predicted octanol–water partition coefficient (Wildman–Crippen LogP) is 3.38. The molecule has 1 aromatic carbocycles. The van der Waals surface area contributed by atoms with Gasteiger partial charge in [-0.2, -0.15) is 0 Å². The molecule has 1 unspecified atom stereocenters. The van der Waals surface area contributed by atoms with Crippen LogP contribution in [0.2, 0.25) is 0 Å². The van der Waals surface area contributed by atoms with E-state index in [4.69, 9.17) is 33.2 Å². The van der Waals surface area contributed by atoms with E-state index < -0.39 is 29.2 Å². The summed E-state index contributed by atoms with van der Waals surface area (Å²) in [6.45, 7) is 3.15. The highest BCUT2D eigenvalue weighted by Crippen LogP contribution is 2.34. The zero-order valence-corrected chi connectivity index (χ0v) is 22.4. The quantitative estimate of drug-likeness (QED) is 0.0998. The summed E-state index contributed by atoms with van der Waals surface area (Å²) < 4.78 is 35.6. The van der Waals surface area contributed by atoms with E-state index >= 15 is 0 Å². The van der Waals surface area contributed by atoms with Gasteiger partial charge in [-0.1, -0.05) is 6.92 Å². The molecule has 0 radical (unpaired) electrons. The van der Waals surface area contributed by atoms with Crippen molar-refractivity contribution in [1.82, 2.24) is 5.32 Å². The molecule has 0 aliphatic heterocycles. The Morgan fingerprint density at radius 2 is 1.55 bits per heavy atom. The second-order valence-electron chi connectivity index (χ2n) is 8.55. The Bertz CT molecular complexity index is 939. The van der Waals surface area contributed by atoms with Crippen LogP contribution in [-0.2, 0) is 35.1 Å². The molecule has 1 rings (SSSR count). The summed E-state index contributed by atoms with van der Waals surface area (Å²) in [4.78, 5) is 45.7. The van der Waals surface area contributed by atoms with Crippen molar-refractivity contribution in [3.05, 3.63) is 27.8 Å². The van der Waals surface area contributed by atoms with Gasteiger partial charge in [0.1, 0.15) is 13.2 Å². The number of unbranched alkanes of at least 4 members (excludes halogenated alkanes) is 2. The van der Waals surface area contributed by atoms with Crippen molar-refractivity contribution in [2.75, 3.05) is 54.3 Å². The third-order valence-corrected chi connectivity index (χ3v) is 5.14. The summed E-state index contributed by atoms with van der Waals surface area (Å²) in [6, 6.07) is 2.54. The smallest absolute Gasteiger partial charge is 0.493 e. The van der Waals surface area contributed by atoms with Gasteiger partial charge in [-0.3, -0.25) is 14.9 Å². The number of nitrogens with one attached hydrogen (secondary N) is 1. The molecule has 0 saturated carbocycles. The summed E-state index contributed by atoms with van der Waals surface area (Å²) in [6.07, 6.45) is 0.242. The van der Waals surface area contributed by atoms with Crippen molar-refractivity contribution >= 4 is 23.9 Å². The molecule has 214 valence electrons. The maximum Gasteiger partial charge on any atom is 0.508 e. The molecule has 1 amide bonds. The van der Waals surface area contributed by atoms with Gasteiger partial charge >= 0.3 is 18.2 Å². The molecule has 0 fully saturated rings. The molecule has 0 aliphatic rings. The number of alkyl carbamates (subject to hydrolysis) is 1. The van der Waals surface area contributed by atoms with Gasteiger partial charge in [-0.05, 0) is 25.3 Å². The Morgan fingerprint density at radius 3 is 2.13 bits per heavy atom. The lowest BCUT2D eigenvalue weighted by atomic mass is 9.93. The molecule has 0 spiro atoms. The number of nitro groups is 1. The van der Waals surface area contributed by atoms with E-state index in [0.29, 0.717) is 25.9 Å². The standard InChI is InChI=1S/C24H36N2O12/c1-17(27)35-9-7-6-8-10-36-23(29)38-16-24(2,15-32-3)14-25-22(28)37-13-18-11-20(33-4)21(34-5)12-19(18)26(30)31/h11-12H,6-10,13-16H2,1-5H3,(H,25,28). The molecule has 38 heavy (non-hydrogen) atoms. The number of nitrogens with zero attached hydrogens (tertiary/aromatic N) is 1. The van der Waals surface area contributed by atoms with Crippen molar-refractivity contribution in [3.63, 3.8) is 0 Å². The number of benzene rings is 1. The van der Waals surface area contributed by atoms with E-state index in [9.17, 15) is 24.5 Å². The van der Waals surface area contributed by atoms with Crippen molar-refractivity contribution in [2.45, 2.75) is 39.7 Å². The van der Waals surface area contributed by atoms with Crippen LogP contribution in [0, 0.1) is 15.5 Å². The van der Waals surface area contributed by atoms with Crippen LogP contribution in [0.4, 0.5) is 15.3 Å². The first-order valence-electron chi connectivity index (χ1n) is 11.8. The van der Waals surface area contributed by atoms with Gasteiger partial charge in [0, 0.05) is 26.0 Å². The molecule has 1 aromatic rings. The van der Waals surface area contributed by atoms with Crippen LogP contribution in [0.25, 0.3) is 0 Å². The highest BCUT2D eigenvalue weighted by molar-refractivity contribution is 5.67. The van der Waals surface area contributed by atoms with Gasteiger partial charge < -0.3 is 38.5 Å². The molecule has 14 heteroatoms. The predicted molar refractivity (Wildman–Crippen MR) is 132 cm³/mol. The summed E-state index contributed by atoms with van der Waals surface area (Å²) in [7, 11) is 4.19. The first kappa shape index (κ1) is 32.2. The number of ether oxygens (including phenoxy) is 7. The van der Waals surface area contributed by atoms with Crippen molar-refractivity contribution in [2.24, 2.45) is 5.41 Å². The van der Waals surface area contributed by atoms with E-state index in [2.05, 4.69) is 5.32 Å². The minimum absolute atomic E-state index is 0.0110. The molecule has 0 aliphatic carbocycles. The van der Waals surface area contributed by atoms with Gasteiger partial charge in [-0.25, -0.2) is 9.59 Å². The van der Waals surface area contributed by atoms with Gasteiger partial charge in [0.2, 0.25) is 0 Å². The number of hydrogen-bond donors (Lipinski definition) is 1. The number of nitro benzene ring substituents is 1. The van der Waals surface area contributed by atoms with Crippen LogP contribution >= 0.6 is 0 Å². The molecule has 0 saturated heterocycles. The fraction of sp³-hybridized carbons (Fsp3) is 0.625. The average Bonchev–Trinajstić information content (AvgIpc) is 2.88. The number of carbonyl (C=O) groups excluding carboxylic acids is 3. The van der Waals surface area contributed by atoms with Gasteiger partial charge in [0.15, 0.2) is 11.5 Å². The van der Waals surface area contributed by atoms with E-state index in [-0.39, 0.29) is 55.1 Å². The highest BCUT2D eigenvalue weighted by Gasteiger charge is 2.28. The third-order valence-electron chi connectivity index (χ3n) is 5.14. The van der Waals surface area contributed by atoms with Crippen LogP contribution < -0.4 is 14.8 Å². The summed E-state index contributed by atoms with van der Waals surface area (Å²) in [5.41, 5.74) is -0.998. The SMILES string of the molecule is COCC(C)(CNC(=O)OCc1cc(OC)c(OC)cc1[N+](=O)[O-])COC(=O)OCCCCCOC(C)=O. The van der Waals surface area contributed by atoms with Crippen molar-refractivity contribution in [3.8, 4) is 11.5 Å². The maximum atomic E-state index is 12.3. The molecule has 14 nitrogen and oxygen atoms in total. The van der Waals surface area contributed by atoms with Crippen LogP contribution in [0.1, 0.15) is 38.7 Å². The Labute approximate surface area is 220 Å². The van der Waals surface area contributed by atoms with E-state index in [1.807, 2.05) is 0 Å². The van der Waals surface area contributed by atoms with E-state index in [0.717, 1.165) is 0 Å². The Kier molecular flexibility index (Phi) is 14.3. The molecule has 0 bridgehead atoms. The van der Waals surface area contributed by atoms with Crippen LogP contribution in [0.3, 0.4) is 0 Å². The first-order valence-corrected chi connectivity index (χ1v) is 11.8. The van der Waals surface area contributed by atoms with Gasteiger partial charge in [-0.15, -0.1) is 0 Å². The number of rotatable bonds is 17. The first-order chi connectivity index (χ1) is 18.0. The average molecular weight is 545 g/mol. The fourth-order valence-electron chi connectivity index (χ4n) is 3.20. The van der Waals surface area contributed by atoms with E-state index in [1.54, 1.807) is 6.92 Å². The highest BCUT2D eigenvalue weighted by atomic mass is 16.7. The Balaban J connectivity index is 2.53. The van der Waals surface area contributed by atoms with Crippen LogP contribution in [0.5, 0.6) is 11.5 Å².